The molecular weight excluding hydrogens is 194 g/mol. The highest BCUT2D eigenvalue weighted by Gasteiger charge is 2.12. The lowest BCUT2D eigenvalue weighted by Gasteiger charge is -2.30. The standard InChI is InChI=1S/C7H18N.C4H8O3/c1-5-8(4,6-2)7-3;1-4(2,7)3(5)6/h5-7H2,1-4H3;7H,1-2H3,(H,5,6)/q+1;/p-1. The van der Waals surface area contributed by atoms with E-state index in [4.69, 9.17) is 5.11 Å². The summed E-state index contributed by atoms with van der Waals surface area (Å²) in [5, 5.41) is 18.1. The van der Waals surface area contributed by atoms with Crippen molar-refractivity contribution < 1.29 is 19.5 Å². The van der Waals surface area contributed by atoms with E-state index in [0.717, 1.165) is 13.8 Å². The predicted molar refractivity (Wildman–Crippen MR) is 59.1 cm³/mol. The van der Waals surface area contributed by atoms with Gasteiger partial charge in [0.15, 0.2) is 0 Å². The first-order chi connectivity index (χ1) is 6.63. The van der Waals surface area contributed by atoms with Crippen LogP contribution in [-0.4, -0.2) is 47.8 Å². The smallest absolute Gasteiger partial charge is 0.0983 e. The summed E-state index contributed by atoms with van der Waals surface area (Å²) in [6, 6.07) is 0. The lowest BCUT2D eigenvalue weighted by atomic mass is 10.1. The van der Waals surface area contributed by atoms with Gasteiger partial charge in [0, 0.05) is 0 Å². The molecule has 0 radical (unpaired) electrons. The van der Waals surface area contributed by atoms with Crippen molar-refractivity contribution in [3.63, 3.8) is 0 Å². The minimum atomic E-state index is -1.69. The zero-order chi connectivity index (χ0) is 12.7. The molecule has 0 amide bonds. The lowest BCUT2D eigenvalue weighted by Crippen LogP contribution is -2.43. The van der Waals surface area contributed by atoms with Gasteiger partial charge in [0.05, 0.1) is 38.3 Å². The Morgan fingerprint density at radius 1 is 1.20 bits per heavy atom. The predicted octanol–water partition coefficient (Wildman–Crippen LogP) is -0.0001000. The third-order valence-electron chi connectivity index (χ3n) is 2.79. The molecule has 0 aromatic carbocycles. The number of rotatable bonds is 4. The van der Waals surface area contributed by atoms with Crippen molar-refractivity contribution in [2.24, 2.45) is 0 Å². The molecule has 0 aromatic heterocycles. The van der Waals surface area contributed by atoms with Gasteiger partial charge in [-0.2, -0.15) is 0 Å². The van der Waals surface area contributed by atoms with Gasteiger partial charge in [0.25, 0.3) is 0 Å². The van der Waals surface area contributed by atoms with Crippen LogP contribution in [0.4, 0.5) is 0 Å². The Kier molecular flexibility index (Phi) is 7.62. The average Bonchev–Trinajstić information content (AvgIpc) is 2.16. The maximum Gasteiger partial charge on any atom is 0.0983 e. The van der Waals surface area contributed by atoms with E-state index in [1.165, 1.54) is 24.1 Å². The molecule has 0 aliphatic heterocycles. The topological polar surface area (TPSA) is 60.4 Å². The number of quaternary nitrogens is 1. The molecule has 1 N–H and O–H groups in total. The molecular formula is C11H25NO3. The molecule has 0 aliphatic carbocycles. The summed E-state index contributed by atoms with van der Waals surface area (Å²) in [6.45, 7) is 12.8. The second-order valence-corrected chi connectivity index (χ2v) is 4.41. The third-order valence-corrected chi connectivity index (χ3v) is 2.79. The Morgan fingerprint density at radius 3 is 1.40 bits per heavy atom. The summed E-state index contributed by atoms with van der Waals surface area (Å²) < 4.78 is 1.21. The van der Waals surface area contributed by atoms with E-state index >= 15 is 0 Å². The minimum Gasteiger partial charge on any atom is -0.547 e. The third kappa shape index (κ3) is 8.39. The van der Waals surface area contributed by atoms with Crippen LogP contribution in [0.25, 0.3) is 0 Å². The average molecular weight is 219 g/mol. The molecule has 0 heterocycles. The fourth-order valence-corrected chi connectivity index (χ4v) is 0.671. The van der Waals surface area contributed by atoms with Crippen LogP contribution in [0.1, 0.15) is 34.6 Å². The number of carbonyl (C=O) groups excluding carboxylic acids is 1. The molecule has 4 heteroatoms. The van der Waals surface area contributed by atoms with Gasteiger partial charge in [-0.1, -0.05) is 0 Å². The van der Waals surface area contributed by atoms with Gasteiger partial charge in [-0.05, 0) is 34.6 Å². The van der Waals surface area contributed by atoms with E-state index in [9.17, 15) is 9.90 Å². The molecule has 15 heavy (non-hydrogen) atoms. The largest absolute Gasteiger partial charge is 0.547 e. The molecule has 0 saturated carbocycles. The SMILES string of the molecule is CC(C)(O)C(=O)[O-].CC[N+](C)(CC)CC. The van der Waals surface area contributed by atoms with Crippen molar-refractivity contribution in [3.05, 3.63) is 0 Å². The van der Waals surface area contributed by atoms with Crippen LogP contribution < -0.4 is 5.11 Å². The summed E-state index contributed by atoms with van der Waals surface area (Å²) in [5.74, 6) is -1.45. The van der Waals surface area contributed by atoms with E-state index < -0.39 is 11.6 Å². The summed E-state index contributed by atoms with van der Waals surface area (Å²) in [4.78, 5) is 9.66. The fourth-order valence-electron chi connectivity index (χ4n) is 0.671. The number of aliphatic carboxylic acids is 1. The van der Waals surface area contributed by atoms with Crippen LogP contribution in [0.15, 0.2) is 0 Å². The van der Waals surface area contributed by atoms with Crippen molar-refractivity contribution in [2.45, 2.75) is 40.2 Å². The molecule has 0 unspecified atom stereocenters. The molecule has 0 spiro atoms. The number of hydrogen-bond acceptors (Lipinski definition) is 3. The highest BCUT2D eigenvalue weighted by Crippen LogP contribution is 1.97. The van der Waals surface area contributed by atoms with E-state index in [-0.39, 0.29) is 0 Å². The zero-order valence-electron chi connectivity index (χ0n) is 10.8. The normalized spacial score (nSPS) is 11.7. The second kappa shape index (κ2) is 6.80. The Labute approximate surface area is 93.1 Å². The monoisotopic (exact) mass is 219 g/mol. The van der Waals surface area contributed by atoms with Gasteiger partial charge < -0.3 is 19.5 Å². The Hall–Kier alpha value is -0.610. The maximum atomic E-state index is 9.66. The first-order valence-electron chi connectivity index (χ1n) is 5.40. The summed E-state index contributed by atoms with van der Waals surface area (Å²) in [7, 11) is 2.29. The van der Waals surface area contributed by atoms with Crippen molar-refractivity contribution in [3.8, 4) is 0 Å². The molecule has 0 aliphatic rings. The van der Waals surface area contributed by atoms with E-state index in [1.54, 1.807) is 0 Å². The van der Waals surface area contributed by atoms with E-state index in [1.807, 2.05) is 0 Å². The van der Waals surface area contributed by atoms with Crippen LogP contribution >= 0.6 is 0 Å². The molecule has 0 aromatic rings. The van der Waals surface area contributed by atoms with Crippen molar-refractivity contribution >= 4 is 5.97 Å². The number of hydrogen-bond donors (Lipinski definition) is 1. The van der Waals surface area contributed by atoms with Crippen molar-refractivity contribution in [1.82, 2.24) is 0 Å². The number of carboxylic acid groups (broad SMARTS) is 1. The maximum absolute atomic E-state index is 9.66. The summed E-state index contributed by atoms with van der Waals surface area (Å²) >= 11 is 0. The van der Waals surface area contributed by atoms with Gasteiger partial charge in [-0.3, -0.25) is 0 Å². The van der Waals surface area contributed by atoms with Crippen molar-refractivity contribution in [2.75, 3.05) is 26.7 Å². The van der Waals surface area contributed by atoms with E-state index in [2.05, 4.69) is 27.8 Å². The zero-order valence-corrected chi connectivity index (χ0v) is 10.8. The highest BCUT2D eigenvalue weighted by atomic mass is 16.4. The minimum absolute atomic E-state index is 1.16. The first-order valence-corrected chi connectivity index (χ1v) is 5.40. The Balaban J connectivity index is 0. The second-order valence-electron chi connectivity index (χ2n) is 4.41. The first kappa shape index (κ1) is 16.8. The molecule has 0 saturated heterocycles. The van der Waals surface area contributed by atoms with Gasteiger partial charge in [-0.15, -0.1) is 0 Å². The molecule has 0 bridgehead atoms. The van der Waals surface area contributed by atoms with Crippen LogP contribution in [0.3, 0.4) is 0 Å². The Bertz CT molecular complexity index is 172. The number of nitrogens with zero attached hydrogens (tertiary/aromatic N) is 1. The molecule has 4 nitrogen and oxygen atoms in total. The molecule has 0 fully saturated rings. The van der Waals surface area contributed by atoms with E-state index in [0.29, 0.717) is 0 Å². The van der Waals surface area contributed by atoms with Crippen LogP contribution in [0.2, 0.25) is 0 Å². The molecule has 0 atom stereocenters. The van der Waals surface area contributed by atoms with Gasteiger partial charge in [0.1, 0.15) is 0 Å². The van der Waals surface area contributed by atoms with Crippen molar-refractivity contribution in [1.29, 1.82) is 0 Å². The molecule has 92 valence electrons. The van der Waals surface area contributed by atoms with Gasteiger partial charge >= 0.3 is 0 Å². The number of aliphatic hydroxyl groups is 1. The summed E-state index contributed by atoms with van der Waals surface area (Å²) in [5.41, 5.74) is -1.69. The highest BCUT2D eigenvalue weighted by molar-refractivity contribution is 5.73. The number of carbonyl (C=O) groups is 1. The summed E-state index contributed by atoms with van der Waals surface area (Å²) in [6.07, 6.45) is 0. The van der Waals surface area contributed by atoms with Gasteiger partial charge in [-0.25, -0.2) is 0 Å². The van der Waals surface area contributed by atoms with Gasteiger partial charge in [0.2, 0.25) is 0 Å². The Morgan fingerprint density at radius 2 is 1.40 bits per heavy atom. The molecule has 0 rings (SSSR count). The van der Waals surface area contributed by atoms with Crippen LogP contribution in [0, 0.1) is 0 Å². The van der Waals surface area contributed by atoms with Crippen LogP contribution in [0.5, 0.6) is 0 Å². The lowest BCUT2D eigenvalue weighted by molar-refractivity contribution is -0.904. The quantitative estimate of drug-likeness (QED) is 0.677. The fraction of sp³-hybridized carbons (Fsp3) is 0.909. The van der Waals surface area contributed by atoms with Crippen LogP contribution in [-0.2, 0) is 4.79 Å². The number of carboxylic acids is 1.